The molecule has 3 aromatic rings. The molecule has 10 nitrogen and oxygen atoms in total. The van der Waals surface area contributed by atoms with Crippen molar-refractivity contribution in [3.8, 4) is 11.5 Å². The number of hydrogen-bond acceptors (Lipinski definition) is 8. The van der Waals surface area contributed by atoms with Crippen LogP contribution in [0.25, 0.3) is 0 Å². The predicted octanol–water partition coefficient (Wildman–Crippen LogP) is 3.99. The summed E-state index contributed by atoms with van der Waals surface area (Å²) in [5.74, 6) is -1.86. The third kappa shape index (κ3) is 2.84. The summed E-state index contributed by atoms with van der Waals surface area (Å²) in [6.07, 6.45) is 0. The number of aromatic hydroxyl groups is 2. The maximum Gasteiger partial charge on any atom is 0.340 e. The fourth-order valence-corrected chi connectivity index (χ4v) is 4.18. The largest absolute Gasteiger partial charge is 0.502 e. The molecule has 0 unspecified atom stereocenters. The highest BCUT2D eigenvalue weighted by Crippen LogP contribution is 2.51. The fourth-order valence-electron chi connectivity index (χ4n) is 4.18. The number of esters is 1. The van der Waals surface area contributed by atoms with E-state index in [9.17, 15) is 35.2 Å². The maximum absolute atomic E-state index is 12.8. The quantitative estimate of drug-likeness (QED) is 0.353. The van der Waals surface area contributed by atoms with Gasteiger partial charge in [-0.2, -0.15) is 0 Å². The SMILES string of the molecule is Cc1cc(O)c([N+](=O)[O-])cc1C1(c2cc([N+](=O)[O-])c(O)cc2C)OC(=O)c2ccccc21. The van der Waals surface area contributed by atoms with Crippen LogP contribution >= 0.6 is 0 Å². The van der Waals surface area contributed by atoms with Gasteiger partial charge in [0.15, 0.2) is 17.1 Å². The second-order valence-electron chi connectivity index (χ2n) is 7.44. The topological polar surface area (TPSA) is 153 Å². The Morgan fingerprint density at radius 1 is 0.812 bits per heavy atom. The summed E-state index contributed by atoms with van der Waals surface area (Å²) in [7, 11) is 0. The molecule has 32 heavy (non-hydrogen) atoms. The number of rotatable bonds is 4. The molecule has 0 fully saturated rings. The Labute approximate surface area is 180 Å². The number of carbonyl (C=O) groups is 1. The lowest BCUT2D eigenvalue weighted by atomic mass is 9.76. The van der Waals surface area contributed by atoms with Gasteiger partial charge in [0.2, 0.25) is 0 Å². The minimum absolute atomic E-state index is 0.156. The highest BCUT2D eigenvalue weighted by molar-refractivity contribution is 5.96. The predicted molar refractivity (Wildman–Crippen MR) is 111 cm³/mol. The van der Waals surface area contributed by atoms with E-state index in [-0.39, 0.29) is 16.7 Å². The monoisotopic (exact) mass is 436 g/mol. The Bertz CT molecular complexity index is 1260. The minimum atomic E-state index is -1.78. The number of nitrogens with zero attached hydrogens (tertiary/aromatic N) is 2. The van der Waals surface area contributed by atoms with Gasteiger partial charge in [-0.3, -0.25) is 20.2 Å². The average molecular weight is 436 g/mol. The molecule has 0 aliphatic carbocycles. The van der Waals surface area contributed by atoms with Gasteiger partial charge in [-0.15, -0.1) is 0 Å². The molecule has 4 rings (SSSR count). The van der Waals surface area contributed by atoms with Gasteiger partial charge in [0.25, 0.3) is 0 Å². The van der Waals surface area contributed by atoms with Crippen LogP contribution in [0.5, 0.6) is 11.5 Å². The molecule has 162 valence electrons. The highest BCUT2D eigenvalue weighted by Gasteiger charge is 2.51. The smallest absolute Gasteiger partial charge is 0.340 e. The molecule has 3 aromatic carbocycles. The number of phenolic OH excluding ortho intramolecular Hbond substituents is 2. The normalized spacial score (nSPS) is 14.0. The summed E-state index contributed by atoms with van der Waals surface area (Å²) in [5.41, 5.74) is -1.47. The van der Waals surface area contributed by atoms with Crippen LogP contribution in [0.4, 0.5) is 11.4 Å². The van der Waals surface area contributed by atoms with E-state index in [0.29, 0.717) is 16.7 Å². The zero-order chi connectivity index (χ0) is 23.4. The molecule has 0 amide bonds. The summed E-state index contributed by atoms with van der Waals surface area (Å²) < 4.78 is 5.86. The van der Waals surface area contributed by atoms with Gasteiger partial charge in [-0.1, -0.05) is 18.2 Å². The molecule has 0 bridgehead atoms. The van der Waals surface area contributed by atoms with Crippen molar-refractivity contribution in [3.63, 3.8) is 0 Å². The molecule has 1 aliphatic heterocycles. The van der Waals surface area contributed by atoms with Gasteiger partial charge in [0, 0.05) is 28.8 Å². The molecule has 2 N–H and O–H groups in total. The van der Waals surface area contributed by atoms with Crippen molar-refractivity contribution in [2.24, 2.45) is 0 Å². The summed E-state index contributed by atoms with van der Waals surface area (Å²) in [5, 5.41) is 43.2. The summed E-state index contributed by atoms with van der Waals surface area (Å²) >= 11 is 0. The van der Waals surface area contributed by atoms with Gasteiger partial charge in [-0.05, 0) is 43.2 Å². The first-order chi connectivity index (χ1) is 15.1. The number of hydrogen-bond donors (Lipinski definition) is 2. The van der Waals surface area contributed by atoms with Crippen molar-refractivity contribution in [1.82, 2.24) is 0 Å². The Morgan fingerprint density at radius 2 is 1.28 bits per heavy atom. The van der Waals surface area contributed by atoms with Gasteiger partial charge in [0.05, 0.1) is 15.4 Å². The van der Waals surface area contributed by atoms with Gasteiger partial charge < -0.3 is 14.9 Å². The van der Waals surface area contributed by atoms with Gasteiger partial charge in [-0.25, -0.2) is 4.79 Å². The lowest BCUT2D eigenvalue weighted by Crippen LogP contribution is -2.31. The minimum Gasteiger partial charge on any atom is -0.502 e. The van der Waals surface area contributed by atoms with Crippen molar-refractivity contribution in [1.29, 1.82) is 0 Å². The van der Waals surface area contributed by atoms with Crippen LogP contribution in [-0.4, -0.2) is 26.0 Å². The standard InChI is InChI=1S/C22H16N2O8/c1-11-7-19(25)17(23(28)29)9-15(11)22(14-6-4-3-5-13(14)21(27)32-22)16-10-18(24(30)31)20(26)8-12(16)2/h3-10,25-26H,1-2H3. The number of phenols is 2. The summed E-state index contributed by atoms with van der Waals surface area (Å²) in [6.45, 7) is 3.14. The maximum atomic E-state index is 12.8. The molecule has 0 radical (unpaired) electrons. The molecule has 0 spiro atoms. The summed E-state index contributed by atoms with van der Waals surface area (Å²) in [6, 6.07) is 10.9. The van der Waals surface area contributed by atoms with Crippen molar-refractivity contribution in [2.75, 3.05) is 0 Å². The molecular weight excluding hydrogens is 420 g/mol. The lowest BCUT2D eigenvalue weighted by Gasteiger charge is -2.32. The van der Waals surface area contributed by atoms with E-state index < -0.39 is 44.3 Å². The number of cyclic esters (lactones) is 1. The van der Waals surface area contributed by atoms with E-state index in [0.717, 1.165) is 12.1 Å². The zero-order valence-electron chi connectivity index (χ0n) is 16.9. The van der Waals surface area contributed by atoms with E-state index in [1.807, 2.05) is 0 Å². The average Bonchev–Trinajstić information content (AvgIpc) is 3.01. The molecule has 0 aromatic heterocycles. The molecule has 1 aliphatic rings. The van der Waals surface area contributed by atoms with Crippen LogP contribution in [0.2, 0.25) is 0 Å². The van der Waals surface area contributed by atoms with E-state index in [1.54, 1.807) is 32.0 Å². The van der Waals surface area contributed by atoms with Crippen LogP contribution in [-0.2, 0) is 10.3 Å². The van der Waals surface area contributed by atoms with Gasteiger partial charge >= 0.3 is 17.3 Å². The molecule has 0 saturated heterocycles. The first kappa shape index (κ1) is 20.8. The van der Waals surface area contributed by atoms with E-state index >= 15 is 0 Å². The molecule has 0 atom stereocenters. The Morgan fingerprint density at radius 3 is 1.75 bits per heavy atom. The number of nitro benzene ring substituents is 2. The van der Waals surface area contributed by atoms with Crippen LogP contribution < -0.4 is 0 Å². The van der Waals surface area contributed by atoms with Crippen LogP contribution in [0.15, 0.2) is 48.5 Å². The highest BCUT2D eigenvalue weighted by atomic mass is 16.6. The van der Waals surface area contributed by atoms with Crippen molar-refractivity contribution < 1.29 is 29.6 Å². The van der Waals surface area contributed by atoms with E-state index in [4.69, 9.17) is 4.74 Å². The van der Waals surface area contributed by atoms with Gasteiger partial charge in [0.1, 0.15) is 0 Å². The van der Waals surface area contributed by atoms with Crippen molar-refractivity contribution in [3.05, 3.63) is 102 Å². The molecule has 1 heterocycles. The lowest BCUT2D eigenvalue weighted by molar-refractivity contribution is -0.386. The first-order valence-corrected chi connectivity index (χ1v) is 9.37. The number of nitro groups is 2. The van der Waals surface area contributed by atoms with Crippen molar-refractivity contribution in [2.45, 2.75) is 19.4 Å². The summed E-state index contributed by atoms with van der Waals surface area (Å²) in [4.78, 5) is 34.3. The Balaban J connectivity index is 2.18. The second-order valence-corrected chi connectivity index (χ2v) is 7.44. The third-order valence-corrected chi connectivity index (χ3v) is 5.57. The number of benzene rings is 3. The number of aryl methyl sites for hydroxylation is 2. The number of ether oxygens (including phenoxy) is 1. The van der Waals surface area contributed by atoms with Crippen LogP contribution in [0.1, 0.15) is 38.2 Å². The third-order valence-electron chi connectivity index (χ3n) is 5.57. The Kier molecular flexibility index (Phi) is 4.58. The zero-order valence-corrected chi connectivity index (χ0v) is 16.9. The van der Waals surface area contributed by atoms with Crippen LogP contribution in [0.3, 0.4) is 0 Å². The van der Waals surface area contributed by atoms with E-state index in [2.05, 4.69) is 0 Å². The molecular formula is C22H16N2O8. The number of fused-ring (bicyclic) bond motifs is 1. The fraction of sp³-hybridized carbons (Fsp3) is 0.136. The van der Waals surface area contributed by atoms with Crippen molar-refractivity contribution >= 4 is 17.3 Å². The number of carbonyl (C=O) groups excluding carboxylic acids is 1. The van der Waals surface area contributed by atoms with E-state index in [1.165, 1.54) is 18.2 Å². The molecule has 0 saturated carbocycles. The first-order valence-electron chi connectivity index (χ1n) is 9.37. The van der Waals surface area contributed by atoms with Crippen LogP contribution in [0, 0.1) is 34.1 Å². The Hall–Kier alpha value is -4.47. The molecule has 10 heteroatoms. The second kappa shape index (κ2) is 7.05.